The molecule has 0 unspecified atom stereocenters. The summed E-state index contributed by atoms with van der Waals surface area (Å²) in [6, 6.07) is 10.6. The summed E-state index contributed by atoms with van der Waals surface area (Å²) < 4.78 is 0. The van der Waals surface area contributed by atoms with E-state index in [1.54, 1.807) is 31.3 Å². The minimum atomic E-state index is -0.580. The van der Waals surface area contributed by atoms with Gasteiger partial charge in [-0.1, -0.05) is 35.3 Å². The molecular formula is C17H16Cl2N4O4. The van der Waals surface area contributed by atoms with Gasteiger partial charge in [-0.05, 0) is 25.2 Å². The number of nitrogens with one attached hydrogen (secondary N) is 2. The number of hydrogen-bond acceptors (Lipinski definition) is 5. The van der Waals surface area contributed by atoms with Gasteiger partial charge in [-0.15, -0.1) is 0 Å². The lowest BCUT2D eigenvalue weighted by molar-refractivity contribution is -0.384. The van der Waals surface area contributed by atoms with Crippen molar-refractivity contribution in [2.45, 2.75) is 0 Å². The first-order valence-corrected chi connectivity index (χ1v) is 8.48. The maximum Gasteiger partial charge on any atom is 0.271 e. The molecule has 2 rings (SSSR count). The van der Waals surface area contributed by atoms with Crippen LogP contribution in [-0.2, 0) is 9.59 Å². The Kier molecular flexibility index (Phi) is 7.12. The summed E-state index contributed by atoms with van der Waals surface area (Å²) in [4.78, 5) is 35.7. The van der Waals surface area contributed by atoms with Crippen LogP contribution in [-0.4, -0.2) is 41.8 Å². The first kappa shape index (κ1) is 20.6. The van der Waals surface area contributed by atoms with Gasteiger partial charge in [-0.25, -0.2) is 0 Å². The number of carbonyl (C=O) groups excluding carboxylic acids is 2. The fourth-order valence-electron chi connectivity index (χ4n) is 2.21. The molecule has 8 nitrogen and oxygen atoms in total. The molecule has 0 aromatic heterocycles. The van der Waals surface area contributed by atoms with Gasteiger partial charge in [0.15, 0.2) is 0 Å². The zero-order valence-corrected chi connectivity index (χ0v) is 15.8. The number of anilines is 2. The van der Waals surface area contributed by atoms with E-state index in [-0.39, 0.29) is 35.4 Å². The quantitative estimate of drug-likeness (QED) is 0.537. The third-order valence-electron chi connectivity index (χ3n) is 3.41. The number of nitrogens with zero attached hydrogens (tertiary/aromatic N) is 2. The number of para-hydroxylation sites is 1. The molecular weight excluding hydrogens is 395 g/mol. The molecule has 0 aliphatic carbocycles. The van der Waals surface area contributed by atoms with Gasteiger partial charge in [0.25, 0.3) is 5.69 Å². The van der Waals surface area contributed by atoms with Crippen molar-refractivity contribution in [3.63, 3.8) is 0 Å². The van der Waals surface area contributed by atoms with Crippen LogP contribution in [0, 0.1) is 10.1 Å². The highest BCUT2D eigenvalue weighted by atomic mass is 35.5. The number of rotatable bonds is 7. The predicted molar refractivity (Wildman–Crippen MR) is 104 cm³/mol. The molecule has 2 aromatic rings. The molecule has 0 heterocycles. The Morgan fingerprint density at radius 1 is 1.00 bits per heavy atom. The third kappa shape index (κ3) is 6.21. The van der Waals surface area contributed by atoms with Gasteiger partial charge in [0, 0.05) is 12.1 Å². The molecule has 0 bridgehead atoms. The Bertz CT molecular complexity index is 876. The van der Waals surface area contributed by atoms with Crippen LogP contribution in [0.25, 0.3) is 0 Å². The number of likely N-dealkylation sites (N-methyl/N-ethyl adjacent to an activating group) is 1. The number of benzene rings is 2. The fourth-order valence-corrected chi connectivity index (χ4v) is 2.61. The topological polar surface area (TPSA) is 105 Å². The first-order chi connectivity index (χ1) is 12.8. The van der Waals surface area contributed by atoms with Crippen molar-refractivity contribution in [2.24, 2.45) is 0 Å². The van der Waals surface area contributed by atoms with Crippen molar-refractivity contribution in [1.82, 2.24) is 4.90 Å². The van der Waals surface area contributed by atoms with Crippen LogP contribution in [0.4, 0.5) is 17.1 Å². The van der Waals surface area contributed by atoms with Crippen molar-refractivity contribution < 1.29 is 14.5 Å². The molecule has 10 heteroatoms. The van der Waals surface area contributed by atoms with E-state index in [1.807, 2.05) is 0 Å². The second kappa shape index (κ2) is 9.31. The Morgan fingerprint density at radius 2 is 1.56 bits per heavy atom. The molecule has 0 saturated heterocycles. The van der Waals surface area contributed by atoms with Crippen molar-refractivity contribution in [2.75, 3.05) is 30.8 Å². The predicted octanol–water partition coefficient (Wildman–Crippen LogP) is 3.41. The van der Waals surface area contributed by atoms with Gasteiger partial charge >= 0.3 is 0 Å². The van der Waals surface area contributed by atoms with Gasteiger partial charge in [-0.3, -0.25) is 24.6 Å². The SMILES string of the molecule is CN(CC(=O)Nc1ccccc1Cl)CC(=O)Nc1ccc([N+](=O)[O-])cc1Cl. The zero-order chi connectivity index (χ0) is 20.0. The number of hydrogen-bond donors (Lipinski definition) is 2. The van der Waals surface area contributed by atoms with Crippen LogP contribution < -0.4 is 10.6 Å². The van der Waals surface area contributed by atoms with Crippen LogP contribution in [0.3, 0.4) is 0 Å². The van der Waals surface area contributed by atoms with Gasteiger partial charge in [0.05, 0.1) is 39.4 Å². The Hall–Kier alpha value is -2.68. The summed E-state index contributed by atoms with van der Waals surface area (Å²) in [5.41, 5.74) is 0.562. The standard InChI is InChI=1S/C17H16Cl2N4O4/c1-22(9-16(24)20-14-5-3-2-4-12(14)18)10-17(25)21-15-7-6-11(23(26)27)8-13(15)19/h2-8H,9-10H2,1H3,(H,20,24)(H,21,25). The molecule has 2 amide bonds. The van der Waals surface area contributed by atoms with E-state index in [0.29, 0.717) is 10.7 Å². The van der Waals surface area contributed by atoms with Crippen molar-refractivity contribution in [3.8, 4) is 0 Å². The van der Waals surface area contributed by atoms with E-state index in [9.17, 15) is 19.7 Å². The van der Waals surface area contributed by atoms with Crippen molar-refractivity contribution in [3.05, 3.63) is 62.6 Å². The van der Waals surface area contributed by atoms with Crippen LogP contribution >= 0.6 is 23.2 Å². The number of nitro benzene ring substituents is 1. The first-order valence-electron chi connectivity index (χ1n) is 7.73. The smallest absolute Gasteiger partial charge is 0.271 e. The summed E-state index contributed by atoms with van der Waals surface area (Å²) in [7, 11) is 1.60. The van der Waals surface area contributed by atoms with Gasteiger partial charge < -0.3 is 10.6 Å². The van der Waals surface area contributed by atoms with Gasteiger partial charge in [-0.2, -0.15) is 0 Å². The lowest BCUT2D eigenvalue weighted by Crippen LogP contribution is -2.36. The molecule has 142 valence electrons. The summed E-state index contributed by atoms with van der Waals surface area (Å²) >= 11 is 11.9. The summed E-state index contributed by atoms with van der Waals surface area (Å²) in [5.74, 6) is -0.745. The monoisotopic (exact) mass is 410 g/mol. The van der Waals surface area contributed by atoms with Crippen LogP contribution in [0.2, 0.25) is 10.0 Å². The van der Waals surface area contributed by atoms with E-state index in [1.165, 1.54) is 17.0 Å². The van der Waals surface area contributed by atoms with E-state index in [4.69, 9.17) is 23.2 Å². The lowest BCUT2D eigenvalue weighted by atomic mass is 10.3. The molecule has 0 atom stereocenters. The van der Waals surface area contributed by atoms with Crippen molar-refractivity contribution >= 4 is 52.1 Å². The molecule has 2 N–H and O–H groups in total. The molecule has 0 saturated carbocycles. The number of nitro groups is 1. The minimum Gasteiger partial charge on any atom is -0.324 e. The maximum atomic E-state index is 12.1. The van der Waals surface area contributed by atoms with Crippen LogP contribution in [0.1, 0.15) is 0 Å². The highest BCUT2D eigenvalue weighted by Crippen LogP contribution is 2.26. The zero-order valence-electron chi connectivity index (χ0n) is 14.2. The number of non-ortho nitro benzene ring substituents is 1. The Labute approximate surface area is 165 Å². The van der Waals surface area contributed by atoms with Crippen LogP contribution in [0.15, 0.2) is 42.5 Å². The summed E-state index contributed by atoms with van der Waals surface area (Å²) in [5, 5.41) is 16.4. The minimum absolute atomic E-state index is 0.0351. The third-order valence-corrected chi connectivity index (χ3v) is 4.05. The summed E-state index contributed by atoms with van der Waals surface area (Å²) in [6.07, 6.45) is 0. The second-order valence-electron chi connectivity index (χ2n) is 5.67. The molecule has 0 radical (unpaired) electrons. The average Bonchev–Trinajstić information content (AvgIpc) is 2.58. The number of amides is 2. The molecule has 2 aromatic carbocycles. The molecule has 0 fully saturated rings. The molecule has 0 aliphatic rings. The highest BCUT2D eigenvalue weighted by molar-refractivity contribution is 6.34. The van der Waals surface area contributed by atoms with Gasteiger partial charge in [0.1, 0.15) is 0 Å². The molecule has 0 spiro atoms. The Morgan fingerprint density at radius 3 is 2.07 bits per heavy atom. The normalized spacial score (nSPS) is 10.5. The second-order valence-corrected chi connectivity index (χ2v) is 6.48. The van der Waals surface area contributed by atoms with Gasteiger partial charge in [0.2, 0.25) is 11.8 Å². The largest absolute Gasteiger partial charge is 0.324 e. The van der Waals surface area contributed by atoms with Crippen molar-refractivity contribution in [1.29, 1.82) is 0 Å². The maximum absolute atomic E-state index is 12.1. The van der Waals surface area contributed by atoms with E-state index < -0.39 is 10.8 Å². The van der Waals surface area contributed by atoms with E-state index >= 15 is 0 Å². The fraction of sp³-hybridized carbons (Fsp3) is 0.176. The number of halogens is 2. The lowest BCUT2D eigenvalue weighted by Gasteiger charge is -2.16. The van der Waals surface area contributed by atoms with Crippen LogP contribution in [0.5, 0.6) is 0 Å². The Balaban J connectivity index is 1.87. The molecule has 27 heavy (non-hydrogen) atoms. The van der Waals surface area contributed by atoms with E-state index in [0.717, 1.165) is 6.07 Å². The van der Waals surface area contributed by atoms with E-state index in [2.05, 4.69) is 10.6 Å². The average molecular weight is 411 g/mol. The summed E-state index contributed by atoms with van der Waals surface area (Å²) in [6.45, 7) is -0.115. The number of carbonyl (C=O) groups is 2. The highest BCUT2D eigenvalue weighted by Gasteiger charge is 2.15. The molecule has 0 aliphatic heterocycles.